The van der Waals surface area contributed by atoms with Gasteiger partial charge in [-0.15, -0.1) is 0 Å². The van der Waals surface area contributed by atoms with Crippen LogP contribution in [0.2, 0.25) is 0 Å². The lowest BCUT2D eigenvalue weighted by Gasteiger charge is -2.31. The summed E-state index contributed by atoms with van der Waals surface area (Å²) in [7, 11) is 0. The number of carbonyl (C=O) groups excluding carboxylic acids is 1. The molecule has 1 atom stereocenters. The number of hydrogen-bond donors (Lipinski definition) is 3. The lowest BCUT2D eigenvalue weighted by atomic mass is 9.88. The maximum atomic E-state index is 12.0. The summed E-state index contributed by atoms with van der Waals surface area (Å²) in [6.45, 7) is 5.36. The summed E-state index contributed by atoms with van der Waals surface area (Å²) in [5.41, 5.74) is 1.43. The van der Waals surface area contributed by atoms with Crippen molar-refractivity contribution in [2.24, 2.45) is 11.8 Å². The fourth-order valence-electron chi connectivity index (χ4n) is 2.06. The smallest absolute Gasteiger partial charge is 0.336 e. The highest BCUT2D eigenvalue weighted by Crippen LogP contribution is 2.20. The third-order valence-corrected chi connectivity index (χ3v) is 3.67. The average molecular weight is 262 g/mol. The van der Waals surface area contributed by atoms with Gasteiger partial charge in [0, 0.05) is 11.6 Å². The molecule has 102 valence electrons. The molecule has 3 N–H and O–H groups in total. The van der Waals surface area contributed by atoms with E-state index in [1.165, 1.54) is 6.07 Å². The van der Waals surface area contributed by atoms with Crippen LogP contribution < -0.4 is 10.6 Å². The van der Waals surface area contributed by atoms with Crippen molar-refractivity contribution in [2.75, 3.05) is 18.4 Å². The maximum Gasteiger partial charge on any atom is 0.336 e. The number of carboxylic acid groups (broad SMARTS) is 1. The number of hydrogen-bond acceptors (Lipinski definition) is 3. The van der Waals surface area contributed by atoms with Crippen LogP contribution in [0, 0.1) is 18.8 Å². The summed E-state index contributed by atoms with van der Waals surface area (Å²) >= 11 is 0. The van der Waals surface area contributed by atoms with Crippen LogP contribution in [0.5, 0.6) is 0 Å². The van der Waals surface area contributed by atoms with Crippen LogP contribution in [-0.2, 0) is 4.79 Å². The number of anilines is 1. The summed E-state index contributed by atoms with van der Waals surface area (Å²) < 4.78 is 0. The second-order valence-corrected chi connectivity index (χ2v) is 5.03. The molecule has 0 saturated carbocycles. The van der Waals surface area contributed by atoms with Gasteiger partial charge in [-0.1, -0.05) is 13.0 Å². The molecule has 1 unspecified atom stereocenters. The predicted octanol–water partition coefficient (Wildman–Crippen LogP) is 1.49. The highest BCUT2D eigenvalue weighted by Gasteiger charge is 2.28. The van der Waals surface area contributed by atoms with E-state index in [0.29, 0.717) is 17.2 Å². The first kappa shape index (κ1) is 13.5. The molecule has 1 aromatic rings. The number of nitrogens with one attached hydrogen (secondary N) is 2. The van der Waals surface area contributed by atoms with E-state index in [0.717, 1.165) is 13.1 Å². The molecule has 0 aromatic heterocycles. The van der Waals surface area contributed by atoms with E-state index < -0.39 is 5.97 Å². The van der Waals surface area contributed by atoms with Crippen LogP contribution in [0.4, 0.5) is 5.69 Å². The van der Waals surface area contributed by atoms with Crippen molar-refractivity contribution >= 4 is 17.6 Å². The standard InChI is InChI=1S/C14H18N2O3/c1-8-3-4-11(5-12(8)14(18)19)16-13(17)9(2)10-6-15-7-10/h3-5,9-10,15H,6-7H2,1-2H3,(H,16,17)(H,18,19). The molecular formula is C14H18N2O3. The highest BCUT2D eigenvalue weighted by molar-refractivity contribution is 5.95. The first-order chi connectivity index (χ1) is 8.99. The zero-order valence-electron chi connectivity index (χ0n) is 11.1. The molecule has 0 spiro atoms. The largest absolute Gasteiger partial charge is 0.478 e. The van der Waals surface area contributed by atoms with Crippen molar-refractivity contribution in [1.29, 1.82) is 0 Å². The zero-order valence-corrected chi connectivity index (χ0v) is 11.1. The Morgan fingerprint density at radius 2 is 2.11 bits per heavy atom. The van der Waals surface area contributed by atoms with Gasteiger partial charge in [0.1, 0.15) is 0 Å². The van der Waals surface area contributed by atoms with E-state index in [9.17, 15) is 9.59 Å². The van der Waals surface area contributed by atoms with Gasteiger partial charge in [-0.2, -0.15) is 0 Å². The first-order valence-electron chi connectivity index (χ1n) is 6.34. The van der Waals surface area contributed by atoms with Crippen LogP contribution in [0.25, 0.3) is 0 Å². The second-order valence-electron chi connectivity index (χ2n) is 5.03. The van der Waals surface area contributed by atoms with Crippen LogP contribution >= 0.6 is 0 Å². The average Bonchev–Trinajstić information content (AvgIpc) is 2.28. The molecule has 0 bridgehead atoms. The van der Waals surface area contributed by atoms with E-state index in [4.69, 9.17) is 5.11 Å². The summed E-state index contributed by atoms with van der Waals surface area (Å²) in [5, 5.41) is 15.0. The van der Waals surface area contributed by atoms with Gasteiger partial charge in [-0.25, -0.2) is 4.79 Å². The third kappa shape index (κ3) is 2.93. The number of benzene rings is 1. The molecule has 1 heterocycles. The van der Waals surface area contributed by atoms with Crippen molar-refractivity contribution in [2.45, 2.75) is 13.8 Å². The Morgan fingerprint density at radius 3 is 2.63 bits per heavy atom. The molecule has 1 saturated heterocycles. The lowest BCUT2D eigenvalue weighted by molar-refractivity contribution is -0.121. The number of carboxylic acids is 1. The number of carbonyl (C=O) groups is 2. The fraction of sp³-hybridized carbons (Fsp3) is 0.429. The summed E-state index contributed by atoms with van der Waals surface area (Å²) in [6.07, 6.45) is 0. The van der Waals surface area contributed by atoms with Crippen molar-refractivity contribution < 1.29 is 14.7 Å². The first-order valence-corrected chi connectivity index (χ1v) is 6.34. The molecule has 1 amide bonds. The highest BCUT2D eigenvalue weighted by atomic mass is 16.4. The van der Waals surface area contributed by atoms with E-state index in [-0.39, 0.29) is 17.4 Å². The lowest BCUT2D eigenvalue weighted by Crippen LogP contribution is -2.48. The molecule has 5 heteroatoms. The molecule has 2 rings (SSSR count). The van der Waals surface area contributed by atoms with E-state index >= 15 is 0 Å². The molecule has 0 radical (unpaired) electrons. The maximum absolute atomic E-state index is 12.0. The van der Waals surface area contributed by atoms with Crippen molar-refractivity contribution in [1.82, 2.24) is 5.32 Å². The number of rotatable bonds is 4. The van der Waals surface area contributed by atoms with Gasteiger partial charge >= 0.3 is 5.97 Å². The molecule has 1 fully saturated rings. The third-order valence-electron chi connectivity index (χ3n) is 3.67. The number of aryl methyl sites for hydroxylation is 1. The van der Waals surface area contributed by atoms with Crippen LogP contribution in [-0.4, -0.2) is 30.1 Å². The molecule has 1 aromatic carbocycles. The normalized spacial score (nSPS) is 16.5. The minimum Gasteiger partial charge on any atom is -0.478 e. The van der Waals surface area contributed by atoms with Gasteiger partial charge in [0.05, 0.1) is 5.56 Å². The van der Waals surface area contributed by atoms with Crippen LogP contribution in [0.15, 0.2) is 18.2 Å². The Morgan fingerprint density at radius 1 is 1.42 bits per heavy atom. The Hall–Kier alpha value is -1.88. The molecule has 1 aliphatic rings. The minimum absolute atomic E-state index is 0.0632. The minimum atomic E-state index is -0.982. The van der Waals surface area contributed by atoms with Crippen LogP contribution in [0.3, 0.4) is 0 Å². The predicted molar refractivity (Wildman–Crippen MR) is 72.3 cm³/mol. The van der Waals surface area contributed by atoms with Gasteiger partial charge in [0.2, 0.25) is 5.91 Å². The Balaban J connectivity index is 2.08. The van der Waals surface area contributed by atoms with E-state index in [2.05, 4.69) is 10.6 Å². The number of aromatic carboxylic acids is 1. The summed E-state index contributed by atoms with van der Waals surface area (Å²) in [5.74, 6) is -0.753. The Bertz CT molecular complexity index is 509. The van der Waals surface area contributed by atoms with Gasteiger partial charge in [0.25, 0.3) is 0 Å². The topological polar surface area (TPSA) is 78.4 Å². The molecule has 0 aliphatic carbocycles. The molecular weight excluding hydrogens is 244 g/mol. The Kier molecular flexibility index (Phi) is 3.85. The van der Waals surface area contributed by atoms with Crippen molar-refractivity contribution in [3.63, 3.8) is 0 Å². The quantitative estimate of drug-likeness (QED) is 0.768. The molecule has 5 nitrogen and oxygen atoms in total. The van der Waals surface area contributed by atoms with Gasteiger partial charge < -0.3 is 15.7 Å². The summed E-state index contributed by atoms with van der Waals surface area (Å²) in [6, 6.07) is 4.93. The van der Waals surface area contributed by atoms with Gasteiger partial charge in [-0.3, -0.25) is 4.79 Å². The number of amides is 1. The second kappa shape index (κ2) is 5.40. The monoisotopic (exact) mass is 262 g/mol. The zero-order chi connectivity index (χ0) is 14.0. The Labute approximate surface area is 112 Å². The van der Waals surface area contributed by atoms with Crippen molar-refractivity contribution in [3.8, 4) is 0 Å². The molecule has 1 aliphatic heterocycles. The van der Waals surface area contributed by atoms with Gasteiger partial charge in [-0.05, 0) is 43.6 Å². The van der Waals surface area contributed by atoms with Gasteiger partial charge in [0.15, 0.2) is 0 Å². The van der Waals surface area contributed by atoms with Crippen LogP contribution in [0.1, 0.15) is 22.8 Å². The van der Waals surface area contributed by atoms with E-state index in [1.54, 1.807) is 19.1 Å². The SMILES string of the molecule is Cc1ccc(NC(=O)C(C)C2CNC2)cc1C(=O)O. The summed E-state index contributed by atoms with van der Waals surface area (Å²) in [4.78, 5) is 23.1. The van der Waals surface area contributed by atoms with Crippen molar-refractivity contribution in [3.05, 3.63) is 29.3 Å². The fourth-order valence-corrected chi connectivity index (χ4v) is 2.06. The van der Waals surface area contributed by atoms with E-state index in [1.807, 2.05) is 6.92 Å². The molecule has 19 heavy (non-hydrogen) atoms.